The zero-order valence-electron chi connectivity index (χ0n) is 9.29. The molecule has 0 heterocycles. The van der Waals surface area contributed by atoms with E-state index < -0.39 is 17.5 Å². The maximum Gasteiger partial charge on any atom is 0.142 e. The zero-order valence-corrected chi connectivity index (χ0v) is 9.29. The summed E-state index contributed by atoms with van der Waals surface area (Å²) in [5.74, 6) is -1.57. The minimum atomic E-state index is -0.680. The molecule has 0 amide bonds. The Morgan fingerprint density at radius 1 is 0.889 bits per heavy atom. The Morgan fingerprint density at radius 3 is 2.17 bits per heavy atom. The molecular weight excluding hydrogens is 243 g/mol. The molecule has 2 N–H and O–H groups in total. The maximum absolute atomic E-state index is 12.9. The van der Waals surface area contributed by atoms with Gasteiger partial charge in [0.1, 0.15) is 29.8 Å². The summed E-state index contributed by atoms with van der Waals surface area (Å²) in [6.07, 6.45) is 0. The molecule has 0 unspecified atom stereocenters. The second kappa shape index (κ2) is 5.00. The molecule has 94 valence electrons. The molecule has 0 aliphatic heterocycles. The molecule has 18 heavy (non-hydrogen) atoms. The maximum atomic E-state index is 12.9. The van der Waals surface area contributed by atoms with Crippen LogP contribution in [0, 0.1) is 17.5 Å². The fraction of sp³-hybridized carbons (Fsp3) is 0.0769. The SMILES string of the molecule is Nc1cc(F)ccc1OCc1cc(F)cc(F)c1. The molecular formula is C13H10F3NO. The van der Waals surface area contributed by atoms with Crippen LogP contribution in [-0.2, 0) is 6.61 Å². The highest BCUT2D eigenvalue weighted by molar-refractivity contribution is 5.52. The molecule has 0 aliphatic rings. The van der Waals surface area contributed by atoms with Crippen molar-refractivity contribution in [3.8, 4) is 5.75 Å². The number of hydrogen-bond donors (Lipinski definition) is 1. The molecule has 0 bridgehead atoms. The minimum Gasteiger partial charge on any atom is -0.487 e. The number of nitrogens with two attached hydrogens (primary N) is 1. The summed E-state index contributed by atoms with van der Waals surface area (Å²) in [7, 11) is 0. The number of nitrogen functional groups attached to an aromatic ring is 1. The molecule has 0 radical (unpaired) electrons. The Bertz CT molecular complexity index is 552. The smallest absolute Gasteiger partial charge is 0.142 e. The molecule has 2 nitrogen and oxygen atoms in total. The number of rotatable bonds is 3. The van der Waals surface area contributed by atoms with E-state index >= 15 is 0 Å². The molecule has 0 saturated carbocycles. The fourth-order valence-corrected chi connectivity index (χ4v) is 1.51. The second-order valence-electron chi connectivity index (χ2n) is 3.75. The summed E-state index contributed by atoms with van der Waals surface area (Å²) in [5.41, 5.74) is 5.99. The topological polar surface area (TPSA) is 35.2 Å². The summed E-state index contributed by atoms with van der Waals surface area (Å²) in [5, 5.41) is 0. The van der Waals surface area contributed by atoms with E-state index in [0.29, 0.717) is 5.56 Å². The van der Waals surface area contributed by atoms with Crippen molar-refractivity contribution < 1.29 is 17.9 Å². The van der Waals surface area contributed by atoms with Crippen LogP contribution in [0.15, 0.2) is 36.4 Å². The third kappa shape index (κ3) is 2.94. The summed E-state index contributed by atoms with van der Waals surface area (Å²) in [4.78, 5) is 0. The monoisotopic (exact) mass is 253 g/mol. The number of halogens is 3. The largest absolute Gasteiger partial charge is 0.487 e. The number of anilines is 1. The number of ether oxygens (including phenoxy) is 1. The molecule has 0 fully saturated rings. The Balaban J connectivity index is 2.11. The molecule has 2 aromatic carbocycles. The highest BCUT2D eigenvalue weighted by Crippen LogP contribution is 2.23. The third-order valence-electron chi connectivity index (χ3n) is 2.29. The van der Waals surface area contributed by atoms with Gasteiger partial charge in [-0.25, -0.2) is 13.2 Å². The highest BCUT2D eigenvalue weighted by Gasteiger charge is 2.04. The van der Waals surface area contributed by atoms with Gasteiger partial charge in [0.2, 0.25) is 0 Å². The Hall–Kier alpha value is -2.17. The van der Waals surface area contributed by atoms with Crippen LogP contribution in [0.2, 0.25) is 0 Å². The predicted molar refractivity (Wildman–Crippen MR) is 61.5 cm³/mol. The van der Waals surface area contributed by atoms with E-state index in [0.717, 1.165) is 24.3 Å². The van der Waals surface area contributed by atoms with Crippen molar-refractivity contribution in [2.75, 3.05) is 5.73 Å². The lowest BCUT2D eigenvalue weighted by atomic mass is 10.2. The van der Waals surface area contributed by atoms with Gasteiger partial charge in [0.15, 0.2) is 0 Å². The standard InChI is InChI=1S/C13H10F3NO/c14-9-1-2-13(12(17)6-9)18-7-8-3-10(15)5-11(16)4-8/h1-6H,7,17H2. The third-order valence-corrected chi connectivity index (χ3v) is 2.29. The van der Waals surface area contributed by atoms with Gasteiger partial charge in [-0.05, 0) is 29.8 Å². The van der Waals surface area contributed by atoms with Crippen LogP contribution in [0.4, 0.5) is 18.9 Å². The first-order valence-electron chi connectivity index (χ1n) is 5.17. The van der Waals surface area contributed by atoms with E-state index in [4.69, 9.17) is 10.5 Å². The Kier molecular flexibility index (Phi) is 3.41. The van der Waals surface area contributed by atoms with Crippen molar-refractivity contribution in [1.82, 2.24) is 0 Å². The van der Waals surface area contributed by atoms with Crippen LogP contribution in [0.1, 0.15) is 5.56 Å². The lowest BCUT2D eigenvalue weighted by Gasteiger charge is -2.09. The molecule has 5 heteroatoms. The van der Waals surface area contributed by atoms with Gasteiger partial charge < -0.3 is 10.5 Å². The average Bonchev–Trinajstić information content (AvgIpc) is 2.26. The van der Waals surface area contributed by atoms with E-state index in [9.17, 15) is 13.2 Å². The van der Waals surface area contributed by atoms with Gasteiger partial charge in [-0.15, -0.1) is 0 Å². The van der Waals surface area contributed by atoms with Crippen molar-refractivity contribution in [1.29, 1.82) is 0 Å². The first kappa shape index (κ1) is 12.3. The van der Waals surface area contributed by atoms with E-state index in [1.54, 1.807) is 0 Å². The number of hydrogen-bond acceptors (Lipinski definition) is 2. The van der Waals surface area contributed by atoms with Crippen LogP contribution >= 0.6 is 0 Å². The first-order valence-corrected chi connectivity index (χ1v) is 5.17. The van der Waals surface area contributed by atoms with Crippen LogP contribution in [-0.4, -0.2) is 0 Å². The first-order chi connectivity index (χ1) is 8.54. The van der Waals surface area contributed by atoms with Gasteiger partial charge in [-0.3, -0.25) is 0 Å². The second-order valence-corrected chi connectivity index (χ2v) is 3.75. The van der Waals surface area contributed by atoms with Crippen LogP contribution in [0.5, 0.6) is 5.75 Å². The normalized spacial score (nSPS) is 10.4. The molecule has 0 spiro atoms. The van der Waals surface area contributed by atoms with Crippen LogP contribution in [0.25, 0.3) is 0 Å². The molecule has 2 aromatic rings. The van der Waals surface area contributed by atoms with Crippen LogP contribution in [0.3, 0.4) is 0 Å². The van der Waals surface area contributed by atoms with E-state index in [1.807, 2.05) is 0 Å². The lowest BCUT2D eigenvalue weighted by molar-refractivity contribution is 0.306. The zero-order chi connectivity index (χ0) is 13.1. The fourth-order valence-electron chi connectivity index (χ4n) is 1.51. The lowest BCUT2D eigenvalue weighted by Crippen LogP contribution is -2.00. The Morgan fingerprint density at radius 2 is 1.56 bits per heavy atom. The van der Waals surface area contributed by atoms with Crippen molar-refractivity contribution >= 4 is 5.69 Å². The van der Waals surface area contributed by atoms with Crippen molar-refractivity contribution in [3.05, 3.63) is 59.4 Å². The summed E-state index contributed by atoms with van der Waals surface area (Å²) < 4.78 is 43.9. The number of benzene rings is 2. The molecule has 0 atom stereocenters. The van der Waals surface area contributed by atoms with E-state index in [-0.39, 0.29) is 18.0 Å². The summed E-state index contributed by atoms with van der Waals surface area (Å²) >= 11 is 0. The van der Waals surface area contributed by atoms with Gasteiger partial charge in [-0.2, -0.15) is 0 Å². The van der Waals surface area contributed by atoms with Gasteiger partial charge in [0, 0.05) is 12.1 Å². The Labute approximate surface area is 102 Å². The van der Waals surface area contributed by atoms with Crippen LogP contribution < -0.4 is 10.5 Å². The quantitative estimate of drug-likeness (QED) is 0.852. The van der Waals surface area contributed by atoms with Crippen molar-refractivity contribution in [2.45, 2.75) is 6.61 Å². The van der Waals surface area contributed by atoms with E-state index in [2.05, 4.69) is 0 Å². The molecule has 2 rings (SSSR count). The molecule has 0 saturated heterocycles. The highest BCUT2D eigenvalue weighted by atomic mass is 19.1. The molecule has 0 aromatic heterocycles. The predicted octanol–water partition coefficient (Wildman–Crippen LogP) is 3.27. The van der Waals surface area contributed by atoms with Gasteiger partial charge in [0.05, 0.1) is 5.69 Å². The molecule has 0 aliphatic carbocycles. The summed E-state index contributed by atoms with van der Waals surface area (Å²) in [6.45, 7) is -0.0511. The summed E-state index contributed by atoms with van der Waals surface area (Å²) in [6, 6.07) is 6.75. The average molecular weight is 253 g/mol. The van der Waals surface area contributed by atoms with Crippen molar-refractivity contribution in [3.63, 3.8) is 0 Å². The van der Waals surface area contributed by atoms with E-state index in [1.165, 1.54) is 12.1 Å². The van der Waals surface area contributed by atoms with Gasteiger partial charge >= 0.3 is 0 Å². The van der Waals surface area contributed by atoms with Crippen molar-refractivity contribution in [2.24, 2.45) is 0 Å². The van der Waals surface area contributed by atoms with Gasteiger partial charge in [0.25, 0.3) is 0 Å². The minimum absolute atomic E-state index is 0.0511. The van der Waals surface area contributed by atoms with Gasteiger partial charge in [-0.1, -0.05) is 0 Å².